The van der Waals surface area contributed by atoms with Gasteiger partial charge in [-0.3, -0.25) is 0 Å². The quantitative estimate of drug-likeness (QED) is 0.580. The van der Waals surface area contributed by atoms with E-state index in [4.69, 9.17) is 0 Å². The molecule has 1 nitrogen and oxygen atoms in total. The Morgan fingerprint density at radius 3 is 1.78 bits per heavy atom. The van der Waals surface area contributed by atoms with E-state index in [0.29, 0.717) is 6.54 Å². The van der Waals surface area contributed by atoms with E-state index in [2.05, 4.69) is 66.3 Å². The average molecular weight is 297 g/mol. The standard InChI is InChI=1S/C22H19N/c1-18-12-14-19(15-13-18)16-23-17-22(20-8-4-2-5-9-20)21-10-6-3-7-11-21/h2-15H,16H2,1H3. The molecule has 3 rings (SSSR count). The number of nitrogens with zero attached hydrogens (tertiary/aromatic N) is 1. The van der Waals surface area contributed by atoms with Crippen LogP contribution in [0.15, 0.2) is 89.9 Å². The van der Waals surface area contributed by atoms with Gasteiger partial charge in [-0.1, -0.05) is 90.5 Å². The minimum absolute atomic E-state index is 0.642. The number of benzene rings is 3. The molecule has 0 spiro atoms. The number of hydrogen-bond donors (Lipinski definition) is 0. The maximum Gasteiger partial charge on any atom is 0.0734 e. The largest absolute Gasteiger partial charge is 0.238 e. The van der Waals surface area contributed by atoms with E-state index < -0.39 is 0 Å². The molecule has 1 heteroatoms. The maximum atomic E-state index is 4.54. The summed E-state index contributed by atoms with van der Waals surface area (Å²) >= 11 is 0. The minimum Gasteiger partial charge on any atom is -0.238 e. The molecule has 0 aliphatic heterocycles. The predicted molar refractivity (Wildman–Crippen MR) is 97.7 cm³/mol. The van der Waals surface area contributed by atoms with Gasteiger partial charge in [0.2, 0.25) is 0 Å². The van der Waals surface area contributed by atoms with Crippen LogP contribution in [0.5, 0.6) is 0 Å². The Morgan fingerprint density at radius 2 is 1.26 bits per heavy atom. The van der Waals surface area contributed by atoms with Gasteiger partial charge < -0.3 is 0 Å². The summed E-state index contributed by atoms with van der Waals surface area (Å²) in [5.41, 5.74) is 5.75. The Morgan fingerprint density at radius 1 is 0.739 bits per heavy atom. The van der Waals surface area contributed by atoms with Crippen molar-refractivity contribution >= 4 is 11.4 Å². The zero-order valence-electron chi connectivity index (χ0n) is 13.2. The van der Waals surface area contributed by atoms with Crippen LogP contribution in [0.2, 0.25) is 0 Å². The number of rotatable bonds is 4. The van der Waals surface area contributed by atoms with Crippen LogP contribution in [0.25, 0.3) is 5.57 Å². The molecule has 23 heavy (non-hydrogen) atoms. The summed E-state index contributed by atoms with van der Waals surface area (Å²) in [6.07, 6.45) is 0. The first-order chi connectivity index (χ1) is 11.3. The van der Waals surface area contributed by atoms with Crippen LogP contribution in [0, 0.1) is 6.92 Å². The molecule has 0 N–H and O–H groups in total. The Bertz CT molecular complexity index is 767. The first-order valence-electron chi connectivity index (χ1n) is 7.79. The number of aryl methyl sites for hydroxylation is 1. The van der Waals surface area contributed by atoms with Crippen LogP contribution in [-0.4, -0.2) is 5.87 Å². The molecule has 0 aliphatic rings. The van der Waals surface area contributed by atoms with Crippen LogP contribution in [0.4, 0.5) is 0 Å². The van der Waals surface area contributed by atoms with Crippen molar-refractivity contribution in [2.24, 2.45) is 4.99 Å². The fourth-order valence-electron chi connectivity index (χ4n) is 2.41. The molecule has 0 aliphatic carbocycles. The smallest absolute Gasteiger partial charge is 0.0734 e. The Hall–Kier alpha value is -2.89. The summed E-state index contributed by atoms with van der Waals surface area (Å²) < 4.78 is 0. The first-order valence-corrected chi connectivity index (χ1v) is 7.79. The predicted octanol–water partition coefficient (Wildman–Crippen LogP) is 5.30. The SMILES string of the molecule is Cc1ccc(CN=C=C(c2ccccc2)c2ccccc2)cc1. The second-order valence-electron chi connectivity index (χ2n) is 5.52. The van der Waals surface area contributed by atoms with Crippen LogP contribution < -0.4 is 0 Å². The Labute approximate surface area is 137 Å². The first kappa shape index (κ1) is 15.0. The van der Waals surface area contributed by atoms with Gasteiger partial charge in [-0.15, -0.1) is 0 Å². The van der Waals surface area contributed by atoms with Crippen LogP contribution >= 0.6 is 0 Å². The van der Waals surface area contributed by atoms with Gasteiger partial charge in [0.15, 0.2) is 0 Å². The van der Waals surface area contributed by atoms with E-state index in [1.165, 1.54) is 11.1 Å². The summed E-state index contributed by atoms with van der Waals surface area (Å²) in [5.74, 6) is 3.26. The Balaban J connectivity index is 1.94. The maximum absolute atomic E-state index is 4.54. The molecule has 0 fully saturated rings. The van der Waals surface area contributed by atoms with Gasteiger partial charge in [0.1, 0.15) is 0 Å². The normalized spacial score (nSPS) is 9.96. The lowest BCUT2D eigenvalue weighted by Crippen LogP contribution is -1.89. The summed E-state index contributed by atoms with van der Waals surface area (Å²) in [4.78, 5) is 4.54. The summed E-state index contributed by atoms with van der Waals surface area (Å²) in [7, 11) is 0. The van der Waals surface area contributed by atoms with Crippen LogP contribution in [-0.2, 0) is 6.54 Å². The van der Waals surface area contributed by atoms with Gasteiger partial charge in [-0.05, 0) is 29.5 Å². The average Bonchev–Trinajstić information content (AvgIpc) is 2.62. The van der Waals surface area contributed by atoms with Crippen molar-refractivity contribution in [3.63, 3.8) is 0 Å². The van der Waals surface area contributed by atoms with Gasteiger partial charge in [-0.2, -0.15) is 0 Å². The Kier molecular flexibility index (Phi) is 4.83. The van der Waals surface area contributed by atoms with Gasteiger partial charge in [0.25, 0.3) is 0 Å². The van der Waals surface area contributed by atoms with E-state index >= 15 is 0 Å². The lowest BCUT2D eigenvalue weighted by Gasteiger charge is -2.04. The highest BCUT2D eigenvalue weighted by Gasteiger charge is 2.03. The van der Waals surface area contributed by atoms with E-state index in [0.717, 1.165) is 16.7 Å². The molecule has 112 valence electrons. The highest BCUT2D eigenvalue weighted by Crippen LogP contribution is 2.20. The van der Waals surface area contributed by atoms with Crippen molar-refractivity contribution in [1.29, 1.82) is 0 Å². The third-order valence-corrected chi connectivity index (χ3v) is 3.70. The molecule has 0 radical (unpaired) electrons. The lowest BCUT2D eigenvalue weighted by molar-refractivity contribution is 1.08. The number of aliphatic imine (C=N–C) groups is 1. The highest BCUT2D eigenvalue weighted by molar-refractivity contribution is 5.98. The van der Waals surface area contributed by atoms with E-state index in [-0.39, 0.29) is 0 Å². The molecule has 0 amide bonds. The highest BCUT2D eigenvalue weighted by atomic mass is 14.7. The molecule has 0 saturated carbocycles. The van der Waals surface area contributed by atoms with Crippen molar-refractivity contribution in [2.45, 2.75) is 13.5 Å². The molecule has 0 atom stereocenters. The molecule has 0 heterocycles. The second kappa shape index (κ2) is 7.40. The molecule has 0 aromatic heterocycles. The third kappa shape index (κ3) is 4.06. The second-order valence-corrected chi connectivity index (χ2v) is 5.52. The van der Waals surface area contributed by atoms with E-state index in [1.807, 2.05) is 36.4 Å². The van der Waals surface area contributed by atoms with Gasteiger partial charge in [-0.25, -0.2) is 4.99 Å². The molecule has 3 aromatic rings. The topological polar surface area (TPSA) is 12.4 Å². The van der Waals surface area contributed by atoms with Gasteiger partial charge in [0.05, 0.1) is 12.1 Å². The number of hydrogen-bond acceptors (Lipinski definition) is 1. The fourth-order valence-corrected chi connectivity index (χ4v) is 2.41. The van der Waals surface area contributed by atoms with Crippen molar-refractivity contribution in [3.8, 4) is 0 Å². The summed E-state index contributed by atoms with van der Waals surface area (Å²) in [6, 6.07) is 29.1. The van der Waals surface area contributed by atoms with Crippen molar-refractivity contribution in [1.82, 2.24) is 0 Å². The molecule has 0 bridgehead atoms. The zero-order chi connectivity index (χ0) is 15.9. The molecule has 0 saturated heterocycles. The van der Waals surface area contributed by atoms with Gasteiger partial charge >= 0.3 is 0 Å². The van der Waals surface area contributed by atoms with Crippen LogP contribution in [0.1, 0.15) is 22.3 Å². The summed E-state index contributed by atoms with van der Waals surface area (Å²) in [5, 5.41) is 0. The summed E-state index contributed by atoms with van der Waals surface area (Å²) in [6.45, 7) is 2.74. The fraction of sp³-hybridized carbons (Fsp3) is 0.0909. The van der Waals surface area contributed by atoms with Gasteiger partial charge in [0, 0.05) is 0 Å². The monoisotopic (exact) mass is 297 g/mol. The lowest BCUT2D eigenvalue weighted by atomic mass is 9.99. The minimum atomic E-state index is 0.642. The van der Waals surface area contributed by atoms with E-state index in [9.17, 15) is 0 Å². The van der Waals surface area contributed by atoms with Crippen molar-refractivity contribution < 1.29 is 0 Å². The van der Waals surface area contributed by atoms with Crippen molar-refractivity contribution in [3.05, 3.63) is 107 Å². The molecule has 0 unspecified atom stereocenters. The third-order valence-electron chi connectivity index (χ3n) is 3.70. The zero-order valence-corrected chi connectivity index (χ0v) is 13.2. The molecule has 3 aromatic carbocycles. The van der Waals surface area contributed by atoms with Crippen LogP contribution in [0.3, 0.4) is 0 Å². The van der Waals surface area contributed by atoms with E-state index in [1.54, 1.807) is 0 Å². The van der Waals surface area contributed by atoms with Crippen molar-refractivity contribution in [2.75, 3.05) is 0 Å². The molecular weight excluding hydrogens is 278 g/mol. The molecular formula is C22H19N.